The average molecular weight is 364 g/mol. The van der Waals surface area contributed by atoms with Crippen LogP contribution in [0.3, 0.4) is 0 Å². The SMILES string of the molecule is Cc1c(NC(=O)c2cccnc2Cl)cccc1-c1nc2ccccc2o1. The number of halogens is 1. The number of nitrogens with one attached hydrogen (secondary N) is 1. The predicted octanol–water partition coefficient (Wildman–Crippen LogP) is 5.10. The van der Waals surface area contributed by atoms with Crippen molar-refractivity contribution in [1.29, 1.82) is 0 Å². The lowest BCUT2D eigenvalue weighted by molar-refractivity contribution is 0.102. The molecule has 0 saturated carbocycles. The van der Waals surface area contributed by atoms with Gasteiger partial charge in [-0.05, 0) is 48.9 Å². The molecule has 128 valence electrons. The molecule has 26 heavy (non-hydrogen) atoms. The van der Waals surface area contributed by atoms with E-state index in [0.29, 0.717) is 17.1 Å². The molecule has 5 nitrogen and oxygen atoms in total. The van der Waals surface area contributed by atoms with Crippen LogP contribution < -0.4 is 5.32 Å². The van der Waals surface area contributed by atoms with Crippen LogP contribution in [-0.4, -0.2) is 15.9 Å². The van der Waals surface area contributed by atoms with E-state index in [-0.39, 0.29) is 11.1 Å². The third-order valence-corrected chi connectivity index (χ3v) is 4.41. The fourth-order valence-corrected chi connectivity index (χ4v) is 2.94. The number of nitrogens with zero attached hydrogens (tertiary/aromatic N) is 2. The quantitative estimate of drug-likeness (QED) is 0.514. The number of hydrogen-bond donors (Lipinski definition) is 1. The number of para-hydroxylation sites is 2. The Hall–Kier alpha value is -3.18. The molecule has 0 aliphatic carbocycles. The van der Waals surface area contributed by atoms with Crippen molar-refractivity contribution in [2.75, 3.05) is 5.32 Å². The van der Waals surface area contributed by atoms with Crippen molar-refractivity contribution in [3.63, 3.8) is 0 Å². The van der Waals surface area contributed by atoms with Gasteiger partial charge in [0.1, 0.15) is 10.7 Å². The van der Waals surface area contributed by atoms with E-state index in [4.69, 9.17) is 16.0 Å². The molecule has 0 spiro atoms. The maximum atomic E-state index is 12.5. The number of oxazole rings is 1. The highest BCUT2D eigenvalue weighted by molar-refractivity contribution is 6.33. The minimum Gasteiger partial charge on any atom is -0.436 e. The van der Waals surface area contributed by atoms with Crippen molar-refractivity contribution in [3.8, 4) is 11.5 Å². The highest BCUT2D eigenvalue weighted by Gasteiger charge is 2.16. The molecule has 2 heterocycles. The summed E-state index contributed by atoms with van der Waals surface area (Å²) in [6.07, 6.45) is 1.54. The summed E-state index contributed by atoms with van der Waals surface area (Å²) in [5, 5.41) is 3.04. The van der Waals surface area contributed by atoms with Crippen LogP contribution in [0.4, 0.5) is 5.69 Å². The smallest absolute Gasteiger partial charge is 0.258 e. The van der Waals surface area contributed by atoms with Gasteiger partial charge in [0.25, 0.3) is 5.91 Å². The van der Waals surface area contributed by atoms with E-state index in [1.54, 1.807) is 12.1 Å². The van der Waals surface area contributed by atoms with Crippen LogP contribution in [0.2, 0.25) is 5.15 Å². The molecule has 4 rings (SSSR count). The topological polar surface area (TPSA) is 68.0 Å². The van der Waals surface area contributed by atoms with Crippen molar-refractivity contribution in [2.24, 2.45) is 0 Å². The van der Waals surface area contributed by atoms with Crippen molar-refractivity contribution < 1.29 is 9.21 Å². The Labute approximate surface area is 154 Å². The lowest BCUT2D eigenvalue weighted by Gasteiger charge is -2.11. The van der Waals surface area contributed by atoms with E-state index >= 15 is 0 Å². The zero-order chi connectivity index (χ0) is 18.1. The first kappa shape index (κ1) is 16.3. The van der Waals surface area contributed by atoms with Gasteiger partial charge in [-0.15, -0.1) is 0 Å². The standard InChI is InChI=1S/C20H14ClN3O2/c1-12-13(20-24-16-8-2-3-10-17(16)26-20)6-4-9-15(12)23-19(25)14-7-5-11-22-18(14)21/h2-11H,1H3,(H,23,25). The molecule has 2 aromatic heterocycles. The van der Waals surface area contributed by atoms with Crippen LogP contribution in [-0.2, 0) is 0 Å². The largest absolute Gasteiger partial charge is 0.436 e. The predicted molar refractivity (Wildman–Crippen MR) is 101 cm³/mol. The summed E-state index contributed by atoms with van der Waals surface area (Å²) < 4.78 is 5.84. The highest BCUT2D eigenvalue weighted by Crippen LogP contribution is 2.30. The molecule has 0 aliphatic rings. The second kappa shape index (κ2) is 6.61. The average Bonchev–Trinajstić information content (AvgIpc) is 3.07. The number of carbonyl (C=O) groups excluding carboxylic acids is 1. The monoisotopic (exact) mass is 363 g/mol. The van der Waals surface area contributed by atoms with Crippen molar-refractivity contribution in [2.45, 2.75) is 6.92 Å². The third-order valence-electron chi connectivity index (χ3n) is 4.11. The number of rotatable bonds is 3. The van der Waals surface area contributed by atoms with Gasteiger partial charge >= 0.3 is 0 Å². The van der Waals surface area contributed by atoms with Crippen LogP contribution in [0.25, 0.3) is 22.6 Å². The second-order valence-corrected chi connectivity index (χ2v) is 6.12. The van der Waals surface area contributed by atoms with E-state index in [9.17, 15) is 4.79 Å². The number of carbonyl (C=O) groups is 1. The molecule has 2 aromatic carbocycles. The van der Waals surface area contributed by atoms with Gasteiger partial charge in [0.2, 0.25) is 5.89 Å². The fourth-order valence-electron chi connectivity index (χ4n) is 2.74. The summed E-state index contributed by atoms with van der Waals surface area (Å²) in [7, 11) is 0. The molecule has 0 atom stereocenters. The van der Waals surface area contributed by atoms with Crippen LogP contribution in [0.15, 0.2) is 65.2 Å². The lowest BCUT2D eigenvalue weighted by atomic mass is 10.1. The second-order valence-electron chi connectivity index (χ2n) is 5.76. The fraction of sp³-hybridized carbons (Fsp3) is 0.0500. The summed E-state index contributed by atoms with van der Waals surface area (Å²) in [5.41, 5.74) is 4.16. The van der Waals surface area contributed by atoms with E-state index in [0.717, 1.165) is 22.2 Å². The van der Waals surface area contributed by atoms with Crippen molar-refractivity contribution >= 4 is 34.3 Å². The summed E-state index contributed by atoms with van der Waals surface area (Å²) >= 11 is 6.00. The van der Waals surface area contributed by atoms with Crippen LogP contribution in [0, 0.1) is 6.92 Å². The first-order valence-corrected chi connectivity index (χ1v) is 8.39. The number of hydrogen-bond acceptors (Lipinski definition) is 4. The van der Waals surface area contributed by atoms with Gasteiger partial charge in [-0.3, -0.25) is 4.79 Å². The molecule has 0 aliphatic heterocycles. The Kier molecular flexibility index (Phi) is 4.14. The van der Waals surface area contributed by atoms with E-state index in [1.165, 1.54) is 6.20 Å². The van der Waals surface area contributed by atoms with Gasteiger partial charge in [0.15, 0.2) is 5.58 Å². The van der Waals surface area contributed by atoms with E-state index in [2.05, 4.69) is 15.3 Å². The van der Waals surface area contributed by atoms with Gasteiger partial charge in [-0.25, -0.2) is 9.97 Å². The minimum atomic E-state index is -0.319. The minimum absolute atomic E-state index is 0.165. The number of fused-ring (bicyclic) bond motifs is 1. The molecule has 0 fully saturated rings. The molecule has 0 bridgehead atoms. The molecule has 1 amide bonds. The van der Waals surface area contributed by atoms with Crippen LogP contribution in [0.5, 0.6) is 0 Å². The molecular weight excluding hydrogens is 350 g/mol. The zero-order valence-corrected chi connectivity index (χ0v) is 14.6. The Bertz CT molecular complexity index is 1090. The Balaban J connectivity index is 1.70. The first-order chi connectivity index (χ1) is 12.6. The summed E-state index contributed by atoms with van der Waals surface area (Å²) in [6.45, 7) is 1.91. The summed E-state index contributed by atoms with van der Waals surface area (Å²) in [4.78, 5) is 21.0. The van der Waals surface area contributed by atoms with Gasteiger partial charge in [0, 0.05) is 17.4 Å². The van der Waals surface area contributed by atoms with Gasteiger partial charge in [0.05, 0.1) is 5.56 Å². The third kappa shape index (κ3) is 2.93. The maximum Gasteiger partial charge on any atom is 0.258 e. The molecular formula is C20H14ClN3O2. The number of amides is 1. The van der Waals surface area contributed by atoms with Crippen molar-refractivity contribution in [3.05, 3.63) is 77.1 Å². The molecule has 1 N–H and O–H groups in total. The maximum absolute atomic E-state index is 12.5. The molecule has 4 aromatic rings. The first-order valence-electron chi connectivity index (χ1n) is 8.01. The number of benzene rings is 2. The number of anilines is 1. The number of aromatic nitrogens is 2. The van der Waals surface area contributed by atoms with Crippen LogP contribution in [0.1, 0.15) is 15.9 Å². The normalized spacial score (nSPS) is 10.8. The molecule has 0 radical (unpaired) electrons. The van der Waals surface area contributed by atoms with Crippen molar-refractivity contribution in [1.82, 2.24) is 9.97 Å². The Morgan fingerprint density at radius 1 is 1.08 bits per heavy atom. The highest BCUT2D eigenvalue weighted by atomic mass is 35.5. The van der Waals surface area contributed by atoms with Crippen LogP contribution >= 0.6 is 11.6 Å². The van der Waals surface area contributed by atoms with E-state index < -0.39 is 0 Å². The Morgan fingerprint density at radius 3 is 2.73 bits per heavy atom. The van der Waals surface area contributed by atoms with E-state index in [1.807, 2.05) is 49.4 Å². The van der Waals surface area contributed by atoms with Gasteiger partial charge < -0.3 is 9.73 Å². The lowest BCUT2D eigenvalue weighted by Crippen LogP contribution is -2.14. The molecule has 0 unspecified atom stereocenters. The van der Waals surface area contributed by atoms with Gasteiger partial charge in [-0.1, -0.05) is 29.8 Å². The zero-order valence-electron chi connectivity index (χ0n) is 13.9. The number of pyridine rings is 1. The Morgan fingerprint density at radius 2 is 1.92 bits per heavy atom. The summed E-state index contributed by atoms with van der Waals surface area (Å²) in [5.74, 6) is 0.195. The van der Waals surface area contributed by atoms with Gasteiger partial charge in [-0.2, -0.15) is 0 Å². The summed E-state index contributed by atoms with van der Waals surface area (Å²) in [6, 6.07) is 16.5. The molecule has 0 saturated heterocycles. The molecule has 6 heteroatoms.